The van der Waals surface area contributed by atoms with E-state index in [9.17, 15) is 0 Å². The summed E-state index contributed by atoms with van der Waals surface area (Å²) in [6, 6.07) is 8.89. The average Bonchev–Trinajstić information content (AvgIpc) is 2.65. The summed E-state index contributed by atoms with van der Waals surface area (Å²) in [7, 11) is 0. The summed E-state index contributed by atoms with van der Waals surface area (Å²) in [5.41, 5.74) is 8.58. The lowest BCUT2D eigenvalue weighted by atomic mass is 10.1. The van der Waals surface area contributed by atoms with E-state index >= 15 is 0 Å². The van der Waals surface area contributed by atoms with Crippen LogP contribution in [0.1, 0.15) is 25.8 Å². The van der Waals surface area contributed by atoms with Gasteiger partial charge in [-0.05, 0) is 38.3 Å². The molecule has 2 aromatic rings. The van der Waals surface area contributed by atoms with Crippen LogP contribution >= 0.6 is 0 Å². The van der Waals surface area contributed by atoms with Crippen LogP contribution in [0.5, 0.6) is 0 Å². The summed E-state index contributed by atoms with van der Waals surface area (Å²) < 4.78 is 2.31. The molecule has 1 aromatic carbocycles. The molecular weight excluding hydrogens is 196 g/mol. The number of para-hydroxylation sites is 1. The lowest BCUT2D eigenvalue weighted by Crippen LogP contribution is -2.15. The minimum absolute atomic E-state index is 0.281. The zero-order valence-corrected chi connectivity index (χ0v) is 10.1. The van der Waals surface area contributed by atoms with Crippen LogP contribution in [0.25, 0.3) is 10.9 Å². The van der Waals surface area contributed by atoms with Gasteiger partial charge < -0.3 is 10.3 Å². The smallest absolute Gasteiger partial charge is 0.0483 e. The molecule has 0 fully saturated rings. The van der Waals surface area contributed by atoms with Gasteiger partial charge in [-0.1, -0.05) is 18.2 Å². The topological polar surface area (TPSA) is 30.9 Å². The molecule has 1 aromatic heterocycles. The zero-order valence-electron chi connectivity index (χ0n) is 10.1. The van der Waals surface area contributed by atoms with Gasteiger partial charge >= 0.3 is 0 Å². The SMILES string of the molecule is CCn1cc(CC[C@H](C)N)c2ccccc21. The van der Waals surface area contributed by atoms with Gasteiger partial charge in [0.2, 0.25) is 0 Å². The number of nitrogens with two attached hydrogens (primary N) is 1. The maximum Gasteiger partial charge on any atom is 0.0483 e. The van der Waals surface area contributed by atoms with Gasteiger partial charge in [0.05, 0.1) is 0 Å². The molecule has 1 heterocycles. The third-order valence-electron chi connectivity index (χ3n) is 3.08. The average molecular weight is 216 g/mol. The number of fused-ring (bicyclic) bond motifs is 1. The minimum atomic E-state index is 0.281. The van der Waals surface area contributed by atoms with Crippen LogP contribution in [0.2, 0.25) is 0 Å². The van der Waals surface area contributed by atoms with Crippen LogP contribution in [-0.4, -0.2) is 10.6 Å². The van der Waals surface area contributed by atoms with Crippen molar-refractivity contribution in [1.29, 1.82) is 0 Å². The maximum atomic E-state index is 5.82. The number of aryl methyl sites for hydroxylation is 2. The van der Waals surface area contributed by atoms with Gasteiger partial charge in [-0.25, -0.2) is 0 Å². The third-order valence-corrected chi connectivity index (χ3v) is 3.08. The molecule has 0 spiro atoms. The van der Waals surface area contributed by atoms with Gasteiger partial charge in [0.15, 0.2) is 0 Å². The predicted molar refractivity (Wildman–Crippen MR) is 69.6 cm³/mol. The fourth-order valence-electron chi connectivity index (χ4n) is 2.17. The molecule has 0 aliphatic heterocycles. The molecular formula is C14H20N2. The van der Waals surface area contributed by atoms with Crippen molar-refractivity contribution in [3.63, 3.8) is 0 Å². The lowest BCUT2D eigenvalue weighted by Gasteiger charge is -2.03. The van der Waals surface area contributed by atoms with Gasteiger partial charge in [0.1, 0.15) is 0 Å². The van der Waals surface area contributed by atoms with Crippen LogP contribution in [0.4, 0.5) is 0 Å². The van der Waals surface area contributed by atoms with Crippen molar-refractivity contribution in [1.82, 2.24) is 4.57 Å². The molecule has 0 unspecified atom stereocenters. The number of hydrogen-bond acceptors (Lipinski definition) is 1. The Bertz CT molecular complexity index is 469. The van der Waals surface area contributed by atoms with E-state index in [0.717, 1.165) is 19.4 Å². The fraction of sp³-hybridized carbons (Fsp3) is 0.429. The summed E-state index contributed by atoms with van der Waals surface area (Å²) >= 11 is 0. The zero-order chi connectivity index (χ0) is 11.5. The Hall–Kier alpha value is -1.28. The summed E-state index contributed by atoms with van der Waals surface area (Å²) in [6.07, 6.45) is 4.40. The minimum Gasteiger partial charge on any atom is -0.347 e. The molecule has 2 heteroatoms. The lowest BCUT2D eigenvalue weighted by molar-refractivity contribution is 0.665. The van der Waals surface area contributed by atoms with Crippen molar-refractivity contribution < 1.29 is 0 Å². The Balaban J connectivity index is 2.37. The third kappa shape index (κ3) is 2.12. The summed E-state index contributed by atoms with van der Waals surface area (Å²) in [6.45, 7) is 5.28. The number of hydrogen-bond donors (Lipinski definition) is 1. The standard InChI is InChI=1S/C14H20N2/c1-3-16-10-12(9-8-11(2)15)13-6-4-5-7-14(13)16/h4-7,10-11H,3,8-9,15H2,1-2H3/t11-/m0/s1. The molecule has 2 nitrogen and oxygen atoms in total. The number of benzene rings is 1. The molecule has 0 bridgehead atoms. The van der Waals surface area contributed by atoms with E-state index in [1.807, 2.05) is 0 Å². The fourth-order valence-corrected chi connectivity index (χ4v) is 2.17. The van der Waals surface area contributed by atoms with Crippen LogP contribution < -0.4 is 5.73 Å². The van der Waals surface area contributed by atoms with E-state index < -0.39 is 0 Å². The molecule has 16 heavy (non-hydrogen) atoms. The van der Waals surface area contributed by atoms with Gasteiger partial charge in [0.25, 0.3) is 0 Å². The highest BCUT2D eigenvalue weighted by atomic mass is 14.9. The summed E-state index contributed by atoms with van der Waals surface area (Å²) in [5.74, 6) is 0. The Kier molecular flexibility index (Phi) is 3.30. The van der Waals surface area contributed by atoms with Gasteiger partial charge in [-0.2, -0.15) is 0 Å². The second-order valence-electron chi connectivity index (χ2n) is 4.47. The molecule has 0 radical (unpaired) electrons. The number of nitrogens with zero attached hydrogens (tertiary/aromatic N) is 1. The van der Waals surface area contributed by atoms with Crippen molar-refractivity contribution in [3.8, 4) is 0 Å². The maximum absolute atomic E-state index is 5.82. The molecule has 2 rings (SSSR count). The van der Waals surface area contributed by atoms with Crippen LogP contribution in [0.15, 0.2) is 30.5 Å². The predicted octanol–water partition coefficient (Wildman–Crippen LogP) is 2.94. The van der Waals surface area contributed by atoms with Crippen LogP contribution in [-0.2, 0) is 13.0 Å². The van der Waals surface area contributed by atoms with E-state index in [1.165, 1.54) is 16.5 Å². The Labute approximate surface area is 97.1 Å². The molecule has 2 N–H and O–H groups in total. The van der Waals surface area contributed by atoms with Gasteiger partial charge in [0, 0.05) is 29.7 Å². The van der Waals surface area contributed by atoms with E-state index in [2.05, 4.69) is 48.9 Å². The van der Waals surface area contributed by atoms with E-state index in [-0.39, 0.29) is 6.04 Å². The Morgan fingerprint density at radius 1 is 1.31 bits per heavy atom. The highest BCUT2D eigenvalue weighted by Gasteiger charge is 2.07. The first-order valence-electron chi connectivity index (χ1n) is 6.04. The summed E-state index contributed by atoms with van der Waals surface area (Å²) in [4.78, 5) is 0. The first kappa shape index (κ1) is 11.2. The van der Waals surface area contributed by atoms with Crippen molar-refractivity contribution in [3.05, 3.63) is 36.0 Å². The highest BCUT2D eigenvalue weighted by molar-refractivity contribution is 5.83. The van der Waals surface area contributed by atoms with Crippen molar-refractivity contribution in [2.45, 2.75) is 39.3 Å². The van der Waals surface area contributed by atoms with E-state index in [1.54, 1.807) is 0 Å². The van der Waals surface area contributed by atoms with Crippen molar-refractivity contribution >= 4 is 10.9 Å². The molecule has 0 saturated carbocycles. The molecule has 0 aliphatic rings. The van der Waals surface area contributed by atoms with E-state index in [0.29, 0.717) is 0 Å². The highest BCUT2D eigenvalue weighted by Crippen LogP contribution is 2.22. The second-order valence-corrected chi connectivity index (χ2v) is 4.47. The largest absolute Gasteiger partial charge is 0.347 e. The molecule has 86 valence electrons. The van der Waals surface area contributed by atoms with Crippen LogP contribution in [0.3, 0.4) is 0 Å². The van der Waals surface area contributed by atoms with Gasteiger partial charge in [-0.3, -0.25) is 0 Å². The van der Waals surface area contributed by atoms with Crippen LogP contribution in [0, 0.1) is 0 Å². The Morgan fingerprint density at radius 3 is 2.75 bits per heavy atom. The number of aromatic nitrogens is 1. The number of rotatable bonds is 4. The second kappa shape index (κ2) is 4.71. The Morgan fingerprint density at radius 2 is 2.06 bits per heavy atom. The monoisotopic (exact) mass is 216 g/mol. The quantitative estimate of drug-likeness (QED) is 0.837. The first-order chi connectivity index (χ1) is 7.72. The van der Waals surface area contributed by atoms with Crippen molar-refractivity contribution in [2.75, 3.05) is 0 Å². The van der Waals surface area contributed by atoms with Crippen molar-refractivity contribution in [2.24, 2.45) is 5.73 Å². The molecule has 1 atom stereocenters. The van der Waals surface area contributed by atoms with Gasteiger partial charge in [-0.15, -0.1) is 0 Å². The first-order valence-corrected chi connectivity index (χ1v) is 6.04. The molecule has 0 saturated heterocycles. The molecule has 0 amide bonds. The summed E-state index contributed by atoms with van der Waals surface area (Å²) in [5, 5.41) is 1.38. The normalized spacial score (nSPS) is 13.2. The van der Waals surface area contributed by atoms with E-state index in [4.69, 9.17) is 5.73 Å². The molecule has 0 aliphatic carbocycles.